The fraction of sp³-hybridized carbons (Fsp3) is 0.240. The number of ether oxygens (including phenoxy) is 1. The van der Waals surface area contributed by atoms with Gasteiger partial charge in [0.15, 0.2) is 0 Å². The second-order valence-electron chi connectivity index (χ2n) is 8.29. The molecule has 0 aliphatic carbocycles. The number of rotatable bonds is 3. The Morgan fingerprint density at radius 2 is 1.45 bits per heavy atom. The van der Waals surface area contributed by atoms with E-state index in [2.05, 4.69) is 0 Å². The molecule has 0 spiro atoms. The number of carbonyl (C=O) groups excluding carboxylic acids is 1. The highest BCUT2D eigenvalue weighted by molar-refractivity contribution is 7.99. The molecule has 1 amide bonds. The molecule has 0 radical (unpaired) electrons. The molecule has 8 heteroatoms. The summed E-state index contributed by atoms with van der Waals surface area (Å²) in [6.45, 7) is 4.30. The monoisotopic (exact) mass is 480 g/mol. The SMILES string of the molecule is CC1CN(S(=O)(=O)c2cccc(C(=O)N3c4ccccc4Sc4ccccc43)c2)CC(C)O1. The van der Waals surface area contributed by atoms with Crippen LogP contribution in [0.15, 0.2) is 87.5 Å². The van der Waals surface area contributed by atoms with E-state index in [0.717, 1.165) is 21.2 Å². The summed E-state index contributed by atoms with van der Waals surface area (Å²) in [5.74, 6) is -0.268. The molecule has 0 aromatic heterocycles. The van der Waals surface area contributed by atoms with Gasteiger partial charge in [-0.15, -0.1) is 0 Å². The van der Waals surface area contributed by atoms with Crippen molar-refractivity contribution in [3.8, 4) is 0 Å². The fourth-order valence-electron chi connectivity index (χ4n) is 4.32. The number of morpholine rings is 1. The first-order valence-electron chi connectivity index (χ1n) is 10.8. The van der Waals surface area contributed by atoms with Gasteiger partial charge < -0.3 is 4.74 Å². The summed E-state index contributed by atoms with van der Waals surface area (Å²) in [5, 5.41) is 0. The molecular formula is C25H24N2O4S2. The van der Waals surface area contributed by atoms with Gasteiger partial charge in [-0.2, -0.15) is 4.31 Å². The van der Waals surface area contributed by atoms with Gasteiger partial charge in [0.1, 0.15) is 0 Å². The zero-order valence-corrected chi connectivity index (χ0v) is 20.0. The summed E-state index contributed by atoms with van der Waals surface area (Å²) < 4.78 is 33.9. The number of hydrogen-bond donors (Lipinski definition) is 0. The van der Waals surface area contributed by atoms with Crippen molar-refractivity contribution in [2.75, 3.05) is 18.0 Å². The van der Waals surface area contributed by atoms with Gasteiger partial charge in [-0.05, 0) is 56.3 Å². The first-order chi connectivity index (χ1) is 15.8. The molecule has 2 aliphatic heterocycles. The molecule has 2 atom stereocenters. The van der Waals surface area contributed by atoms with Crippen LogP contribution in [0.3, 0.4) is 0 Å². The van der Waals surface area contributed by atoms with Gasteiger partial charge in [-0.3, -0.25) is 9.69 Å². The summed E-state index contributed by atoms with van der Waals surface area (Å²) in [6.07, 6.45) is -0.376. The second kappa shape index (κ2) is 8.61. The van der Waals surface area contributed by atoms with Crippen LogP contribution in [0.2, 0.25) is 0 Å². The largest absolute Gasteiger partial charge is 0.373 e. The Labute approximate surface area is 198 Å². The molecule has 3 aromatic rings. The number of carbonyl (C=O) groups is 1. The van der Waals surface area contributed by atoms with Gasteiger partial charge in [-0.1, -0.05) is 42.1 Å². The standard InChI is InChI=1S/C25H24N2O4S2/c1-17-15-26(16-18(2)31-17)33(29,30)20-9-7-8-19(14-20)25(28)27-21-10-3-5-12-23(21)32-24-13-6-4-11-22(24)27/h3-14,17-18H,15-16H2,1-2H3. The minimum Gasteiger partial charge on any atom is -0.373 e. The predicted molar refractivity (Wildman–Crippen MR) is 129 cm³/mol. The minimum atomic E-state index is -3.76. The molecule has 1 fully saturated rings. The van der Waals surface area contributed by atoms with Gasteiger partial charge in [0.25, 0.3) is 5.91 Å². The van der Waals surface area contributed by atoms with Crippen molar-refractivity contribution < 1.29 is 17.9 Å². The highest BCUT2D eigenvalue weighted by atomic mass is 32.2. The number of amides is 1. The maximum atomic E-state index is 13.8. The van der Waals surface area contributed by atoms with Crippen LogP contribution in [0.5, 0.6) is 0 Å². The average molecular weight is 481 g/mol. The first kappa shape index (κ1) is 22.2. The lowest BCUT2D eigenvalue weighted by Crippen LogP contribution is -2.48. The van der Waals surface area contributed by atoms with Crippen LogP contribution >= 0.6 is 11.8 Å². The number of para-hydroxylation sites is 2. The Balaban J connectivity index is 1.53. The van der Waals surface area contributed by atoms with E-state index in [1.807, 2.05) is 62.4 Å². The molecular weight excluding hydrogens is 456 g/mol. The highest BCUT2D eigenvalue weighted by Gasteiger charge is 2.33. The van der Waals surface area contributed by atoms with Gasteiger partial charge >= 0.3 is 0 Å². The predicted octanol–water partition coefficient (Wildman–Crippen LogP) is 4.93. The van der Waals surface area contributed by atoms with E-state index < -0.39 is 10.0 Å². The average Bonchev–Trinajstić information content (AvgIpc) is 2.81. The Kier molecular flexibility index (Phi) is 5.78. The molecule has 33 heavy (non-hydrogen) atoms. The Morgan fingerprint density at radius 1 is 0.879 bits per heavy atom. The number of anilines is 2. The molecule has 3 aromatic carbocycles. The van der Waals surface area contributed by atoms with E-state index in [1.165, 1.54) is 10.4 Å². The van der Waals surface area contributed by atoms with Gasteiger partial charge in [0.05, 0.1) is 28.5 Å². The molecule has 2 heterocycles. The lowest BCUT2D eigenvalue weighted by molar-refractivity contribution is -0.0440. The maximum absolute atomic E-state index is 13.8. The van der Waals surface area contributed by atoms with E-state index in [-0.39, 0.29) is 36.1 Å². The summed E-state index contributed by atoms with van der Waals surface area (Å²) >= 11 is 1.62. The molecule has 6 nitrogen and oxygen atoms in total. The number of benzene rings is 3. The minimum absolute atomic E-state index is 0.114. The third-order valence-corrected chi connectivity index (χ3v) is 8.70. The van der Waals surface area contributed by atoms with Gasteiger partial charge in [0.2, 0.25) is 10.0 Å². The van der Waals surface area contributed by atoms with Crippen molar-refractivity contribution in [2.24, 2.45) is 0 Å². The summed E-state index contributed by atoms with van der Waals surface area (Å²) in [4.78, 5) is 17.5. The Morgan fingerprint density at radius 3 is 2.06 bits per heavy atom. The molecule has 1 saturated heterocycles. The third kappa shape index (κ3) is 4.08. The maximum Gasteiger partial charge on any atom is 0.262 e. The van der Waals surface area contributed by atoms with E-state index in [9.17, 15) is 13.2 Å². The van der Waals surface area contributed by atoms with Crippen molar-refractivity contribution in [1.82, 2.24) is 4.31 Å². The molecule has 0 bridgehead atoms. The Hall–Kier alpha value is -2.65. The number of fused-ring (bicyclic) bond motifs is 2. The van der Waals surface area contributed by atoms with E-state index in [0.29, 0.717) is 5.56 Å². The number of sulfonamides is 1. The lowest BCUT2D eigenvalue weighted by Gasteiger charge is -2.34. The summed E-state index contributed by atoms with van der Waals surface area (Å²) in [6, 6.07) is 21.8. The van der Waals surface area contributed by atoms with Crippen LogP contribution in [0.1, 0.15) is 24.2 Å². The van der Waals surface area contributed by atoms with Gasteiger partial charge in [-0.25, -0.2) is 8.42 Å². The topological polar surface area (TPSA) is 66.9 Å². The quantitative estimate of drug-likeness (QED) is 0.532. The zero-order chi connectivity index (χ0) is 23.2. The van der Waals surface area contributed by atoms with Gasteiger partial charge in [0, 0.05) is 28.4 Å². The lowest BCUT2D eigenvalue weighted by atomic mass is 10.1. The van der Waals surface area contributed by atoms with Crippen LogP contribution in [0.25, 0.3) is 0 Å². The third-order valence-electron chi connectivity index (χ3n) is 5.74. The molecule has 170 valence electrons. The van der Waals surface area contributed by atoms with Crippen LogP contribution in [0.4, 0.5) is 11.4 Å². The van der Waals surface area contributed by atoms with Crippen molar-refractivity contribution >= 4 is 39.1 Å². The smallest absolute Gasteiger partial charge is 0.262 e. The fourth-order valence-corrected chi connectivity index (χ4v) is 7.01. The first-order valence-corrected chi connectivity index (χ1v) is 13.1. The van der Waals surface area contributed by atoms with Crippen LogP contribution in [0, 0.1) is 0 Å². The highest BCUT2D eigenvalue weighted by Crippen LogP contribution is 2.48. The molecule has 2 unspecified atom stereocenters. The van der Waals surface area contributed by atoms with Crippen molar-refractivity contribution in [1.29, 1.82) is 0 Å². The van der Waals surface area contributed by atoms with E-state index in [1.54, 1.807) is 34.9 Å². The van der Waals surface area contributed by atoms with Crippen molar-refractivity contribution in [3.63, 3.8) is 0 Å². The normalized spacial score (nSPS) is 20.7. The van der Waals surface area contributed by atoms with Crippen LogP contribution in [-0.2, 0) is 14.8 Å². The van der Waals surface area contributed by atoms with Crippen LogP contribution in [-0.4, -0.2) is 43.9 Å². The molecule has 2 aliphatic rings. The zero-order valence-electron chi connectivity index (χ0n) is 18.3. The van der Waals surface area contributed by atoms with Crippen molar-refractivity contribution in [2.45, 2.75) is 40.7 Å². The number of nitrogens with zero attached hydrogens (tertiary/aromatic N) is 2. The molecule has 0 N–H and O–H groups in total. The number of hydrogen-bond acceptors (Lipinski definition) is 5. The van der Waals surface area contributed by atoms with Crippen molar-refractivity contribution in [3.05, 3.63) is 78.4 Å². The van der Waals surface area contributed by atoms with Crippen LogP contribution < -0.4 is 4.90 Å². The molecule has 0 saturated carbocycles. The summed E-state index contributed by atoms with van der Waals surface area (Å²) in [7, 11) is -3.76. The second-order valence-corrected chi connectivity index (χ2v) is 11.3. The molecule has 5 rings (SSSR count). The Bertz CT molecular complexity index is 1270. The van der Waals surface area contributed by atoms with E-state index >= 15 is 0 Å². The summed E-state index contributed by atoms with van der Waals surface area (Å²) in [5.41, 5.74) is 1.90. The van der Waals surface area contributed by atoms with E-state index in [4.69, 9.17) is 4.74 Å².